The summed E-state index contributed by atoms with van der Waals surface area (Å²) in [5.74, 6) is -0.182. The van der Waals surface area contributed by atoms with Crippen LogP contribution in [0.25, 0.3) is 0 Å². The highest BCUT2D eigenvalue weighted by atomic mass is 16.5. The smallest absolute Gasteiger partial charge is 0.339 e. The van der Waals surface area contributed by atoms with E-state index in [0.29, 0.717) is 5.75 Å². The minimum Gasteiger partial charge on any atom is -0.478 e. The Morgan fingerprint density at radius 3 is 2.67 bits per heavy atom. The number of aromatic carboxylic acids is 1. The lowest BCUT2D eigenvalue weighted by Crippen LogP contribution is -2.00. The van der Waals surface area contributed by atoms with Crippen molar-refractivity contribution in [3.8, 4) is 11.5 Å². The van der Waals surface area contributed by atoms with Gasteiger partial charge in [-0.25, -0.2) is 4.79 Å². The van der Waals surface area contributed by atoms with E-state index in [1.807, 2.05) is 26.0 Å². The number of carboxylic acid groups (broad SMARTS) is 1. The summed E-state index contributed by atoms with van der Waals surface area (Å²) in [4.78, 5) is 14.9. The highest BCUT2D eigenvalue weighted by Crippen LogP contribution is 2.25. The summed E-state index contributed by atoms with van der Waals surface area (Å²) in [6.07, 6.45) is 2.83. The molecule has 2 aromatic rings. The van der Waals surface area contributed by atoms with Crippen LogP contribution in [0.5, 0.6) is 11.5 Å². The van der Waals surface area contributed by atoms with E-state index in [4.69, 9.17) is 9.84 Å². The SMILES string of the molecule is Cc1ccc(Oc2cnccc2C(=O)O)cc1C. The van der Waals surface area contributed by atoms with Gasteiger partial charge in [-0.15, -0.1) is 0 Å². The summed E-state index contributed by atoms with van der Waals surface area (Å²) in [5.41, 5.74) is 2.35. The molecule has 1 aromatic heterocycles. The molecule has 0 fully saturated rings. The summed E-state index contributed by atoms with van der Waals surface area (Å²) >= 11 is 0. The molecule has 0 aliphatic carbocycles. The molecule has 0 radical (unpaired) electrons. The van der Waals surface area contributed by atoms with Crippen molar-refractivity contribution in [2.24, 2.45) is 0 Å². The maximum Gasteiger partial charge on any atom is 0.339 e. The van der Waals surface area contributed by atoms with Gasteiger partial charge in [-0.2, -0.15) is 0 Å². The first-order chi connectivity index (χ1) is 8.58. The molecular formula is C14H13NO3. The number of aryl methyl sites for hydroxylation is 2. The highest BCUT2D eigenvalue weighted by molar-refractivity contribution is 5.90. The zero-order chi connectivity index (χ0) is 13.1. The molecule has 0 spiro atoms. The van der Waals surface area contributed by atoms with Crippen LogP contribution in [0.15, 0.2) is 36.7 Å². The van der Waals surface area contributed by atoms with Gasteiger partial charge in [-0.3, -0.25) is 4.98 Å². The molecule has 1 N–H and O–H groups in total. The number of nitrogens with zero attached hydrogens (tertiary/aromatic N) is 1. The van der Waals surface area contributed by atoms with Crippen LogP contribution in [0.1, 0.15) is 21.5 Å². The predicted octanol–water partition coefficient (Wildman–Crippen LogP) is 3.19. The molecule has 0 saturated heterocycles. The lowest BCUT2D eigenvalue weighted by atomic mass is 10.1. The second kappa shape index (κ2) is 4.87. The monoisotopic (exact) mass is 243 g/mol. The van der Waals surface area contributed by atoms with Gasteiger partial charge >= 0.3 is 5.97 Å². The Labute approximate surface area is 105 Å². The Balaban J connectivity index is 2.34. The van der Waals surface area contributed by atoms with E-state index < -0.39 is 5.97 Å². The number of rotatable bonds is 3. The third kappa shape index (κ3) is 2.48. The van der Waals surface area contributed by atoms with E-state index in [9.17, 15) is 4.79 Å². The van der Waals surface area contributed by atoms with E-state index in [1.54, 1.807) is 6.07 Å². The number of ether oxygens (including phenoxy) is 1. The topological polar surface area (TPSA) is 59.4 Å². The van der Waals surface area contributed by atoms with Crippen LogP contribution in [-0.4, -0.2) is 16.1 Å². The quantitative estimate of drug-likeness (QED) is 0.899. The molecule has 4 heteroatoms. The molecule has 0 atom stereocenters. The van der Waals surface area contributed by atoms with Crippen LogP contribution >= 0.6 is 0 Å². The second-order valence-corrected chi connectivity index (χ2v) is 4.03. The largest absolute Gasteiger partial charge is 0.478 e. The number of carbonyl (C=O) groups is 1. The van der Waals surface area contributed by atoms with Crippen molar-refractivity contribution in [2.45, 2.75) is 13.8 Å². The van der Waals surface area contributed by atoms with E-state index in [0.717, 1.165) is 11.1 Å². The van der Waals surface area contributed by atoms with Crippen molar-refractivity contribution >= 4 is 5.97 Å². The van der Waals surface area contributed by atoms with Gasteiger partial charge in [-0.05, 0) is 43.2 Å². The zero-order valence-corrected chi connectivity index (χ0v) is 10.2. The lowest BCUT2D eigenvalue weighted by Gasteiger charge is -2.09. The molecule has 18 heavy (non-hydrogen) atoms. The molecule has 0 aliphatic rings. The number of hydrogen-bond acceptors (Lipinski definition) is 3. The first kappa shape index (κ1) is 12.1. The predicted molar refractivity (Wildman–Crippen MR) is 67.2 cm³/mol. The molecule has 0 bridgehead atoms. The maximum absolute atomic E-state index is 11.0. The van der Waals surface area contributed by atoms with E-state index >= 15 is 0 Å². The van der Waals surface area contributed by atoms with E-state index in [2.05, 4.69) is 4.98 Å². The van der Waals surface area contributed by atoms with Crippen LogP contribution in [0.4, 0.5) is 0 Å². The fourth-order valence-electron chi connectivity index (χ4n) is 1.54. The van der Waals surface area contributed by atoms with Crippen molar-refractivity contribution < 1.29 is 14.6 Å². The van der Waals surface area contributed by atoms with Gasteiger partial charge in [0.1, 0.15) is 11.3 Å². The third-order valence-corrected chi connectivity index (χ3v) is 2.72. The Morgan fingerprint density at radius 2 is 2.00 bits per heavy atom. The third-order valence-electron chi connectivity index (χ3n) is 2.72. The fourth-order valence-corrected chi connectivity index (χ4v) is 1.54. The number of benzene rings is 1. The normalized spacial score (nSPS) is 10.1. The zero-order valence-electron chi connectivity index (χ0n) is 10.2. The molecular weight excluding hydrogens is 230 g/mol. The van der Waals surface area contributed by atoms with Crippen LogP contribution in [0, 0.1) is 13.8 Å². The molecule has 0 amide bonds. The Morgan fingerprint density at radius 1 is 1.22 bits per heavy atom. The average molecular weight is 243 g/mol. The van der Waals surface area contributed by atoms with Crippen LogP contribution in [-0.2, 0) is 0 Å². The average Bonchev–Trinajstić information content (AvgIpc) is 2.34. The van der Waals surface area contributed by atoms with Gasteiger partial charge in [-0.1, -0.05) is 6.07 Å². The van der Waals surface area contributed by atoms with Gasteiger partial charge in [0, 0.05) is 6.20 Å². The number of aromatic nitrogens is 1. The fraction of sp³-hybridized carbons (Fsp3) is 0.143. The van der Waals surface area contributed by atoms with Gasteiger partial charge in [0.15, 0.2) is 5.75 Å². The number of hydrogen-bond donors (Lipinski definition) is 1. The van der Waals surface area contributed by atoms with Crippen LogP contribution in [0.2, 0.25) is 0 Å². The summed E-state index contributed by atoms with van der Waals surface area (Å²) in [6.45, 7) is 3.98. The molecule has 1 heterocycles. The van der Waals surface area contributed by atoms with Crippen molar-refractivity contribution in [2.75, 3.05) is 0 Å². The number of pyridine rings is 1. The van der Waals surface area contributed by atoms with Crippen LogP contribution < -0.4 is 4.74 Å². The Kier molecular flexibility index (Phi) is 3.28. The summed E-state index contributed by atoms with van der Waals surface area (Å²) in [5, 5.41) is 9.03. The highest BCUT2D eigenvalue weighted by Gasteiger charge is 2.11. The molecule has 1 aromatic carbocycles. The van der Waals surface area contributed by atoms with Crippen molar-refractivity contribution in [3.63, 3.8) is 0 Å². The van der Waals surface area contributed by atoms with Gasteiger partial charge in [0.25, 0.3) is 0 Å². The lowest BCUT2D eigenvalue weighted by molar-refractivity contribution is 0.0694. The summed E-state index contributed by atoms with van der Waals surface area (Å²) < 4.78 is 5.56. The summed E-state index contributed by atoms with van der Waals surface area (Å²) in [7, 11) is 0. The second-order valence-electron chi connectivity index (χ2n) is 4.03. The first-order valence-electron chi connectivity index (χ1n) is 5.50. The van der Waals surface area contributed by atoms with Crippen molar-refractivity contribution in [1.82, 2.24) is 4.98 Å². The van der Waals surface area contributed by atoms with Gasteiger partial charge < -0.3 is 9.84 Å². The minimum atomic E-state index is -1.03. The molecule has 92 valence electrons. The Hall–Kier alpha value is -2.36. The van der Waals surface area contributed by atoms with E-state index in [-0.39, 0.29) is 11.3 Å². The minimum absolute atomic E-state index is 0.100. The standard InChI is InChI=1S/C14H13NO3/c1-9-3-4-11(7-10(9)2)18-13-8-15-6-5-12(13)14(16)17/h3-8H,1-2H3,(H,16,17). The molecule has 2 rings (SSSR count). The molecule has 0 unspecified atom stereocenters. The first-order valence-corrected chi connectivity index (χ1v) is 5.50. The summed E-state index contributed by atoms with van der Waals surface area (Å²) in [6, 6.07) is 7.02. The number of carboxylic acids is 1. The molecule has 0 saturated carbocycles. The molecule has 4 nitrogen and oxygen atoms in total. The van der Waals surface area contributed by atoms with Crippen molar-refractivity contribution in [1.29, 1.82) is 0 Å². The van der Waals surface area contributed by atoms with E-state index in [1.165, 1.54) is 18.5 Å². The maximum atomic E-state index is 11.0. The van der Waals surface area contributed by atoms with Crippen LogP contribution in [0.3, 0.4) is 0 Å². The van der Waals surface area contributed by atoms with Gasteiger partial charge in [0.05, 0.1) is 6.20 Å². The molecule has 0 aliphatic heterocycles. The Bertz CT molecular complexity index is 593. The van der Waals surface area contributed by atoms with Gasteiger partial charge in [0.2, 0.25) is 0 Å². The van der Waals surface area contributed by atoms with Crippen molar-refractivity contribution in [3.05, 3.63) is 53.3 Å².